The second-order valence-electron chi connectivity index (χ2n) is 7.39. The average Bonchev–Trinajstić information content (AvgIpc) is 2.66. The van der Waals surface area contributed by atoms with E-state index in [1.807, 2.05) is 18.2 Å². The standard InChI is InChI=1S/C23H34N2O2/c1-5-25(20-10-8-9-19(4)15-20)14-13-24-16-21(26)17-27-23-12-7-6-11-22(23)18(2)3/h6-12,15,18,21,24,26H,5,13-14,16-17H2,1-4H3/p+1/t21-/m1/s1. The van der Waals surface area contributed by atoms with Crippen LogP contribution in [0.4, 0.5) is 5.69 Å². The molecule has 4 heteroatoms. The molecule has 3 N–H and O–H groups in total. The predicted octanol–water partition coefficient (Wildman–Crippen LogP) is 2.95. The minimum absolute atomic E-state index is 0.329. The van der Waals surface area contributed by atoms with Crippen LogP contribution in [0.15, 0.2) is 48.5 Å². The minimum Gasteiger partial charge on any atom is -0.490 e. The molecule has 0 aliphatic carbocycles. The molecule has 0 fully saturated rings. The lowest BCUT2D eigenvalue weighted by atomic mass is 10.0. The molecule has 0 aliphatic heterocycles. The van der Waals surface area contributed by atoms with E-state index in [9.17, 15) is 5.11 Å². The van der Waals surface area contributed by atoms with Gasteiger partial charge in [-0.15, -0.1) is 0 Å². The summed E-state index contributed by atoms with van der Waals surface area (Å²) in [6.45, 7) is 12.5. The molecule has 0 aliphatic rings. The van der Waals surface area contributed by atoms with Crippen molar-refractivity contribution < 1.29 is 15.2 Å². The number of nitrogens with zero attached hydrogens (tertiary/aromatic N) is 1. The number of aryl methyl sites for hydroxylation is 1. The molecule has 27 heavy (non-hydrogen) atoms. The van der Waals surface area contributed by atoms with Crippen molar-refractivity contribution in [1.82, 2.24) is 0 Å². The fourth-order valence-corrected chi connectivity index (χ4v) is 3.19. The maximum Gasteiger partial charge on any atom is 0.137 e. The van der Waals surface area contributed by atoms with Gasteiger partial charge in [-0.3, -0.25) is 0 Å². The Balaban J connectivity index is 1.72. The highest BCUT2D eigenvalue weighted by atomic mass is 16.5. The van der Waals surface area contributed by atoms with E-state index < -0.39 is 6.10 Å². The first-order valence-electron chi connectivity index (χ1n) is 10.0. The summed E-state index contributed by atoms with van der Waals surface area (Å²) in [6, 6.07) is 16.7. The van der Waals surface area contributed by atoms with Crippen molar-refractivity contribution in [2.24, 2.45) is 0 Å². The van der Waals surface area contributed by atoms with Crippen molar-refractivity contribution in [2.45, 2.75) is 39.7 Å². The summed E-state index contributed by atoms with van der Waals surface area (Å²) in [7, 11) is 0. The van der Waals surface area contributed by atoms with Gasteiger partial charge in [-0.25, -0.2) is 0 Å². The van der Waals surface area contributed by atoms with Gasteiger partial charge in [0.05, 0.1) is 13.1 Å². The number of aliphatic hydroxyl groups is 1. The van der Waals surface area contributed by atoms with E-state index in [4.69, 9.17) is 4.74 Å². The molecule has 2 aromatic rings. The van der Waals surface area contributed by atoms with Gasteiger partial charge in [-0.2, -0.15) is 0 Å². The van der Waals surface area contributed by atoms with Crippen LogP contribution in [-0.2, 0) is 0 Å². The molecule has 0 heterocycles. The predicted molar refractivity (Wildman–Crippen MR) is 113 cm³/mol. The Hall–Kier alpha value is -2.04. The van der Waals surface area contributed by atoms with Crippen LogP contribution in [0.2, 0.25) is 0 Å². The van der Waals surface area contributed by atoms with Crippen molar-refractivity contribution in [3.63, 3.8) is 0 Å². The highest BCUT2D eigenvalue weighted by molar-refractivity contribution is 5.48. The van der Waals surface area contributed by atoms with Gasteiger partial charge in [-0.1, -0.05) is 44.2 Å². The molecule has 0 aromatic heterocycles. The number of anilines is 1. The average molecular weight is 372 g/mol. The van der Waals surface area contributed by atoms with E-state index in [0.29, 0.717) is 19.1 Å². The maximum absolute atomic E-state index is 10.2. The van der Waals surface area contributed by atoms with Crippen molar-refractivity contribution in [3.05, 3.63) is 59.7 Å². The smallest absolute Gasteiger partial charge is 0.137 e. The molecule has 0 saturated carbocycles. The minimum atomic E-state index is -0.473. The zero-order chi connectivity index (χ0) is 19.6. The lowest BCUT2D eigenvalue weighted by Gasteiger charge is -2.23. The summed E-state index contributed by atoms with van der Waals surface area (Å²) in [5.41, 5.74) is 3.73. The number of nitrogens with two attached hydrogens (primary N) is 1. The highest BCUT2D eigenvalue weighted by Gasteiger charge is 2.12. The first-order valence-corrected chi connectivity index (χ1v) is 10.0. The Morgan fingerprint density at radius 3 is 2.59 bits per heavy atom. The van der Waals surface area contributed by atoms with Crippen LogP contribution >= 0.6 is 0 Å². The van der Waals surface area contributed by atoms with Gasteiger partial charge in [0.25, 0.3) is 0 Å². The molecule has 2 rings (SSSR count). The summed E-state index contributed by atoms with van der Waals surface area (Å²) in [6.07, 6.45) is -0.473. The van der Waals surface area contributed by atoms with Crippen LogP contribution in [0.1, 0.15) is 37.8 Å². The van der Waals surface area contributed by atoms with Crippen LogP contribution < -0.4 is 15.0 Å². The zero-order valence-electron chi connectivity index (χ0n) is 17.2. The monoisotopic (exact) mass is 371 g/mol. The van der Waals surface area contributed by atoms with Crippen molar-refractivity contribution in [2.75, 3.05) is 37.7 Å². The Kier molecular flexibility index (Phi) is 8.62. The van der Waals surface area contributed by atoms with Gasteiger partial charge < -0.3 is 20.1 Å². The maximum atomic E-state index is 10.2. The molecular weight excluding hydrogens is 336 g/mol. The number of rotatable bonds is 11. The molecule has 148 valence electrons. The van der Waals surface area contributed by atoms with Gasteiger partial charge in [0.15, 0.2) is 0 Å². The van der Waals surface area contributed by atoms with E-state index in [-0.39, 0.29) is 0 Å². The highest BCUT2D eigenvalue weighted by Crippen LogP contribution is 2.25. The lowest BCUT2D eigenvalue weighted by Crippen LogP contribution is -2.88. The number of quaternary nitrogens is 1. The number of likely N-dealkylation sites (N-methyl/N-ethyl adjacent to an activating group) is 1. The van der Waals surface area contributed by atoms with E-state index in [0.717, 1.165) is 25.4 Å². The summed E-state index contributed by atoms with van der Waals surface area (Å²) >= 11 is 0. The Bertz CT molecular complexity index is 688. The lowest BCUT2D eigenvalue weighted by molar-refractivity contribution is -0.658. The molecule has 0 amide bonds. The molecule has 1 atom stereocenters. The number of aliphatic hydroxyl groups excluding tert-OH is 1. The number of benzene rings is 2. The summed E-state index contributed by atoms with van der Waals surface area (Å²) in [5.74, 6) is 1.29. The molecule has 0 bridgehead atoms. The summed E-state index contributed by atoms with van der Waals surface area (Å²) < 4.78 is 5.86. The summed E-state index contributed by atoms with van der Waals surface area (Å²) in [4.78, 5) is 2.37. The van der Waals surface area contributed by atoms with Crippen molar-refractivity contribution in [3.8, 4) is 5.75 Å². The Morgan fingerprint density at radius 1 is 1.11 bits per heavy atom. The van der Waals surface area contributed by atoms with E-state index in [2.05, 4.69) is 68.2 Å². The van der Waals surface area contributed by atoms with Crippen LogP contribution in [0.25, 0.3) is 0 Å². The number of hydrogen-bond donors (Lipinski definition) is 2. The largest absolute Gasteiger partial charge is 0.490 e. The molecule has 0 unspecified atom stereocenters. The molecule has 0 spiro atoms. The fourth-order valence-electron chi connectivity index (χ4n) is 3.19. The number of para-hydroxylation sites is 1. The first kappa shape index (κ1) is 21.3. The molecule has 0 saturated heterocycles. The normalized spacial score (nSPS) is 12.2. The van der Waals surface area contributed by atoms with Crippen molar-refractivity contribution >= 4 is 5.69 Å². The fraction of sp³-hybridized carbons (Fsp3) is 0.478. The van der Waals surface area contributed by atoms with Gasteiger partial charge in [0.2, 0.25) is 0 Å². The first-order chi connectivity index (χ1) is 13.0. The third-order valence-corrected chi connectivity index (χ3v) is 4.76. The Morgan fingerprint density at radius 2 is 1.89 bits per heavy atom. The second kappa shape index (κ2) is 11.0. The molecule has 4 nitrogen and oxygen atoms in total. The van der Waals surface area contributed by atoms with Gasteiger partial charge in [-0.05, 0) is 49.1 Å². The third-order valence-electron chi connectivity index (χ3n) is 4.76. The van der Waals surface area contributed by atoms with Gasteiger partial charge >= 0.3 is 0 Å². The van der Waals surface area contributed by atoms with Gasteiger partial charge in [0, 0.05) is 12.2 Å². The number of hydrogen-bond acceptors (Lipinski definition) is 3. The van der Waals surface area contributed by atoms with Crippen LogP contribution in [0.5, 0.6) is 5.75 Å². The van der Waals surface area contributed by atoms with Crippen molar-refractivity contribution in [1.29, 1.82) is 0 Å². The molecule has 2 aromatic carbocycles. The topological polar surface area (TPSA) is 49.3 Å². The van der Waals surface area contributed by atoms with E-state index in [1.165, 1.54) is 16.8 Å². The number of ether oxygens (including phenoxy) is 1. The van der Waals surface area contributed by atoms with E-state index >= 15 is 0 Å². The SMILES string of the molecule is CCN(CC[NH2+]C[C@@H](O)COc1ccccc1C(C)C)c1cccc(C)c1. The summed E-state index contributed by atoms with van der Waals surface area (Å²) in [5, 5.41) is 12.4. The van der Waals surface area contributed by atoms with E-state index in [1.54, 1.807) is 0 Å². The Labute approximate surface area is 164 Å². The zero-order valence-corrected chi connectivity index (χ0v) is 17.2. The third kappa shape index (κ3) is 6.89. The molecule has 0 radical (unpaired) electrons. The van der Waals surface area contributed by atoms with Gasteiger partial charge in [0.1, 0.15) is 25.0 Å². The van der Waals surface area contributed by atoms with Crippen LogP contribution in [-0.4, -0.2) is 44.0 Å². The van der Waals surface area contributed by atoms with Crippen LogP contribution in [0, 0.1) is 6.92 Å². The molecular formula is C23H35N2O2+. The second-order valence-corrected chi connectivity index (χ2v) is 7.39. The quantitative estimate of drug-likeness (QED) is 0.597. The van der Waals surface area contributed by atoms with Crippen LogP contribution in [0.3, 0.4) is 0 Å².